The van der Waals surface area contributed by atoms with Gasteiger partial charge in [-0.05, 0) is 43.0 Å². The van der Waals surface area contributed by atoms with Crippen LogP contribution in [-0.4, -0.2) is 26.6 Å². The molecule has 0 aromatic heterocycles. The number of hydrogen-bond acceptors (Lipinski definition) is 3. The van der Waals surface area contributed by atoms with Crippen molar-refractivity contribution in [2.24, 2.45) is 0 Å². The molecule has 7 heteroatoms. The average molecular weight is 409 g/mol. The highest BCUT2D eigenvalue weighted by molar-refractivity contribution is 7.88. The SMILES string of the molecule is C[C@@H](CCc1ccccc1)NC(=O)C[C@@H](NS(C)(=O)=O)c1ccc(Cl)cc1. The molecule has 146 valence electrons. The molecule has 2 atom stereocenters. The highest BCUT2D eigenvalue weighted by atomic mass is 35.5. The number of carbonyl (C=O) groups is 1. The van der Waals surface area contributed by atoms with Crippen LogP contribution < -0.4 is 10.0 Å². The second-order valence-corrected chi connectivity index (χ2v) is 8.91. The molecule has 0 saturated heterocycles. The lowest BCUT2D eigenvalue weighted by Gasteiger charge is -2.20. The largest absolute Gasteiger partial charge is 0.354 e. The van der Waals surface area contributed by atoms with Gasteiger partial charge in [0.05, 0.1) is 12.3 Å². The van der Waals surface area contributed by atoms with Crippen molar-refractivity contribution in [2.75, 3.05) is 6.26 Å². The first kappa shape index (κ1) is 21.4. The van der Waals surface area contributed by atoms with Gasteiger partial charge >= 0.3 is 0 Å². The zero-order valence-electron chi connectivity index (χ0n) is 15.5. The predicted molar refractivity (Wildman–Crippen MR) is 109 cm³/mol. The molecule has 2 rings (SSSR count). The molecular formula is C20H25ClN2O3S. The molecule has 27 heavy (non-hydrogen) atoms. The van der Waals surface area contributed by atoms with Crippen molar-refractivity contribution in [2.45, 2.75) is 38.3 Å². The summed E-state index contributed by atoms with van der Waals surface area (Å²) in [4.78, 5) is 12.4. The Bertz CT molecular complexity index is 839. The van der Waals surface area contributed by atoms with Gasteiger partial charge in [0.1, 0.15) is 0 Å². The molecule has 5 nitrogen and oxygen atoms in total. The van der Waals surface area contributed by atoms with Gasteiger partial charge < -0.3 is 5.32 Å². The van der Waals surface area contributed by atoms with E-state index in [0.717, 1.165) is 19.1 Å². The first-order chi connectivity index (χ1) is 12.7. The van der Waals surface area contributed by atoms with E-state index in [1.54, 1.807) is 24.3 Å². The van der Waals surface area contributed by atoms with Gasteiger partial charge in [0.2, 0.25) is 15.9 Å². The van der Waals surface area contributed by atoms with E-state index in [9.17, 15) is 13.2 Å². The van der Waals surface area contributed by atoms with Crippen LogP contribution in [0.4, 0.5) is 0 Å². The highest BCUT2D eigenvalue weighted by Gasteiger charge is 2.20. The second-order valence-electron chi connectivity index (χ2n) is 6.69. The molecule has 0 aliphatic heterocycles. The minimum Gasteiger partial charge on any atom is -0.354 e. The Morgan fingerprint density at radius 3 is 2.30 bits per heavy atom. The van der Waals surface area contributed by atoms with Crippen molar-refractivity contribution in [1.29, 1.82) is 0 Å². The number of carbonyl (C=O) groups excluding carboxylic acids is 1. The van der Waals surface area contributed by atoms with Gasteiger partial charge in [-0.25, -0.2) is 13.1 Å². The van der Waals surface area contributed by atoms with Crippen LogP contribution in [0.1, 0.15) is 36.9 Å². The Morgan fingerprint density at radius 2 is 1.70 bits per heavy atom. The smallest absolute Gasteiger partial charge is 0.222 e. The van der Waals surface area contributed by atoms with E-state index in [4.69, 9.17) is 11.6 Å². The third kappa shape index (κ3) is 8.12. The summed E-state index contributed by atoms with van der Waals surface area (Å²) < 4.78 is 25.9. The number of halogens is 1. The van der Waals surface area contributed by atoms with Crippen molar-refractivity contribution in [3.05, 3.63) is 70.7 Å². The molecule has 2 aromatic rings. The summed E-state index contributed by atoms with van der Waals surface area (Å²) in [6.45, 7) is 1.95. The Balaban J connectivity index is 1.95. The van der Waals surface area contributed by atoms with E-state index < -0.39 is 16.1 Å². The Hall–Kier alpha value is -1.89. The van der Waals surface area contributed by atoms with E-state index in [1.807, 2.05) is 25.1 Å². The quantitative estimate of drug-likeness (QED) is 0.667. The lowest BCUT2D eigenvalue weighted by molar-refractivity contribution is -0.122. The summed E-state index contributed by atoms with van der Waals surface area (Å²) in [5.74, 6) is -0.202. The molecule has 0 fully saturated rings. The Morgan fingerprint density at radius 1 is 1.07 bits per heavy atom. The molecule has 0 radical (unpaired) electrons. The van der Waals surface area contributed by atoms with Crippen LogP contribution in [0.3, 0.4) is 0 Å². The average Bonchev–Trinajstić information content (AvgIpc) is 2.60. The topological polar surface area (TPSA) is 75.3 Å². The lowest BCUT2D eigenvalue weighted by Crippen LogP contribution is -2.37. The molecular weight excluding hydrogens is 384 g/mol. The monoisotopic (exact) mass is 408 g/mol. The fourth-order valence-corrected chi connectivity index (χ4v) is 3.66. The molecule has 0 unspecified atom stereocenters. The van der Waals surface area contributed by atoms with Crippen molar-refractivity contribution in [1.82, 2.24) is 10.0 Å². The zero-order valence-corrected chi connectivity index (χ0v) is 17.1. The second kappa shape index (κ2) is 9.88. The number of sulfonamides is 1. The number of aryl methyl sites for hydroxylation is 1. The van der Waals surface area contributed by atoms with Gasteiger partial charge in [-0.1, -0.05) is 54.1 Å². The fourth-order valence-electron chi connectivity index (χ4n) is 2.80. The Kier molecular flexibility index (Phi) is 7.83. The predicted octanol–water partition coefficient (Wildman–Crippen LogP) is 3.46. The standard InChI is InChI=1S/C20H25ClN2O3S/c1-15(8-9-16-6-4-3-5-7-16)22-20(24)14-19(23-27(2,25)26)17-10-12-18(21)13-11-17/h3-7,10-13,15,19,23H,8-9,14H2,1-2H3,(H,22,24)/t15-,19+/m0/s1. The van der Waals surface area contributed by atoms with Crippen molar-refractivity contribution < 1.29 is 13.2 Å². The van der Waals surface area contributed by atoms with E-state index in [1.165, 1.54) is 5.56 Å². The Labute approximate surface area is 166 Å². The first-order valence-corrected chi connectivity index (χ1v) is 11.1. The summed E-state index contributed by atoms with van der Waals surface area (Å²) in [5.41, 5.74) is 1.91. The minimum atomic E-state index is -3.46. The molecule has 0 aliphatic carbocycles. The summed E-state index contributed by atoms with van der Waals surface area (Å²) in [5, 5.41) is 3.50. The summed E-state index contributed by atoms with van der Waals surface area (Å²) in [7, 11) is -3.46. The van der Waals surface area contributed by atoms with Gasteiger partial charge in [-0.15, -0.1) is 0 Å². The molecule has 0 heterocycles. The van der Waals surface area contributed by atoms with E-state index in [2.05, 4.69) is 22.2 Å². The minimum absolute atomic E-state index is 0.0122. The van der Waals surface area contributed by atoms with Gasteiger partial charge in [0.15, 0.2) is 0 Å². The van der Waals surface area contributed by atoms with Crippen LogP contribution >= 0.6 is 11.6 Å². The van der Waals surface area contributed by atoms with E-state index >= 15 is 0 Å². The molecule has 2 aromatic carbocycles. The maximum Gasteiger partial charge on any atom is 0.222 e. The molecule has 0 saturated carbocycles. The third-order valence-electron chi connectivity index (χ3n) is 4.13. The van der Waals surface area contributed by atoms with E-state index in [-0.39, 0.29) is 18.4 Å². The van der Waals surface area contributed by atoms with Crippen LogP contribution in [0.25, 0.3) is 0 Å². The van der Waals surface area contributed by atoms with Crippen LogP contribution in [0.5, 0.6) is 0 Å². The third-order valence-corrected chi connectivity index (χ3v) is 5.10. The summed E-state index contributed by atoms with van der Waals surface area (Å²) in [6.07, 6.45) is 2.77. The van der Waals surface area contributed by atoms with Crippen molar-refractivity contribution in [3.63, 3.8) is 0 Å². The molecule has 1 amide bonds. The fraction of sp³-hybridized carbons (Fsp3) is 0.350. The zero-order chi connectivity index (χ0) is 19.9. The van der Waals surface area contributed by atoms with Crippen LogP contribution in [0, 0.1) is 0 Å². The number of rotatable bonds is 9. The van der Waals surface area contributed by atoms with Gasteiger partial charge in [0.25, 0.3) is 0 Å². The molecule has 0 bridgehead atoms. The van der Waals surface area contributed by atoms with Crippen molar-refractivity contribution >= 4 is 27.5 Å². The van der Waals surface area contributed by atoms with Gasteiger partial charge in [0, 0.05) is 17.5 Å². The van der Waals surface area contributed by atoms with Gasteiger partial charge in [-0.2, -0.15) is 0 Å². The van der Waals surface area contributed by atoms with E-state index in [0.29, 0.717) is 10.6 Å². The molecule has 2 N–H and O–H groups in total. The number of amides is 1. The number of nitrogens with one attached hydrogen (secondary N) is 2. The lowest BCUT2D eigenvalue weighted by atomic mass is 10.0. The summed E-state index contributed by atoms with van der Waals surface area (Å²) in [6, 6.07) is 16.2. The van der Waals surface area contributed by atoms with Gasteiger partial charge in [-0.3, -0.25) is 4.79 Å². The highest BCUT2D eigenvalue weighted by Crippen LogP contribution is 2.20. The van der Waals surface area contributed by atoms with Crippen LogP contribution in [-0.2, 0) is 21.2 Å². The van der Waals surface area contributed by atoms with Crippen LogP contribution in [0.2, 0.25) is 5.02 Å². The molecule has 0 spiro atoms. The van der Waals surface area contributed by atoms with Crippen molar-refractivity contribution in [3.8, 4) is 0 Å². The number of hydrogen-bond donors (Lipinski definition) is 2. The summed E-state index contributed by atoms with van der Waals surface area (Å²) >= 11 is 5.89. The first-order valence-electron chi connectivity index (χ1n) is 8.79. The maximum absolute atomic E-state index is 12.4. The maximum atomic E-state index is 12.4. The normalized spacial score (nSPS) is 13.7. The molecule has 0 aliphatic rings. The number of benzene rings is 2. The van der Waals surface area contributed by atoms with Crippen LogP contribution in [0.15, 0.2) is 54.6 Å².